The number of hydrogen-bond acceptors (Lipinski definition) is 3. The number of rotatable bonds is 4. The van der Waals surface area contributed by atoms with Crippen LogP contribution in [-0.2, 0) is 10.8 Å². The fourth-order valence-corrected chi connectivity index (χ4v) is 11.6. The zero-order valence-corrected chi connectivity index (χ0v) is 33.6. The first-order valence-corrected chi connectivity index (χ1v) is 21.2. The second-order valence-electron chi connectivity index (χ2n) is 16.5. The van der Waals surface area contributed by atoms with Crippen molar-refractivity contribution in [3.63, 3.8) is 0 Å². The van der Waals surface area contributed by atoms with E-state index in [2.05, 4.69) is 208 Å². The summed E-state index contributed by atoms with van der Waals surface area (Å²) in [4.78, 5) is 13.1. The first kappa shape index (κ1) is 34.3. The van der Waals surface area contributed by atoms with Crippen molar-refractivity contribution in [2.45, 2.75) is 34.5 Å². The molecular formula is C56H38N2S. The smallest absolute Gasteiger partial charge is 0.160 e. The lowest BCUT2D eigenvalue weighted by Gasteiger charge is -2.40. The standard InChI is InChI=1S/C56H38N2S/c1-55(2)44-21-9-6-17-40(44)43-32-31-38(33-49(43)55)51-34-50(36-15-4-3-5-16-36)57-54(58-51)37-29-27-35(28-30-37)39-20-14-25-48-53(39)59-52-26-13-12-24-47(52)56(48)45-22-10-7-18-41(45)42-19-8-11-23-46(42)56/h3-34H,1-2H3. The van der Waals surface area contributed by atoms with Crippen molar-refractivity contribution < 1.29 is 0 Å². The molecule has 1 aliphatic heterocycles. The number of benzene rings is 8. The molecule has 0 N–H and O–H groups in total. The van der Waals surface area contributed by atoms with Crippen molar-refractivity contribution in [1.29, 1.82) is 0 Å². The zero-order valence-electron chi connectivity index (χ0n) is 32.8. The molecule has 3 heteroatoms. The van der Waals surface area contributed by atoms with Crippen LogP contribution in [0.4, 0.5) is 0 Å². The Hall–Kier alpha value is -6.81. The van der Waals surface area contributed by atoms with Crippen LogP contribution < -0.4 is 0 Å². The average Bonchev–Trinajstić information content (AvgIpc) is 3.72. The fourth-order valence-electron chi connectivity index (χ4n) is 10.2. The molecule has 0 radical (unpaired) electrons. The highest BCUT2D eigenvalue weighted by Gasteiger charge is 2.50. The van der Waals surface area contributed by atoms with Gasteiger partial charge in [-0.2, -0.15) is 0 Å². The van der Waals surface area contributed by atoms with Gasteiger partial charge in [0.05, 0.1) is 16.8 Å². The summed E-state index contributed by atoms with van der Waals surface area (Å²) in [7, 11) is 0. The van der Waals surface area contributed by atoms with E-state index in [4.69, 9.17) is 9.97 Å². The molecule has 9 aromatic rings. The molecule has 0 bridgehead atoms. The lowest BCUT2D eigenvalue weighted by atomic mass is 9.67. The zero-order chi connectivity index (χ0) is 39.3. The van der Waals surface area contributed by atoms with Crippen molar-refractivity contribution in [3.8, 4) is 67.3 Å². The molecule has 3 aliphatic rings. The summed E-state index contributed by atoms with van der Waals surface area (Å²) in [5.41, 5.74) is 20.2. The molecule has 1 aromatic heterocycles. The van der Waals surface area contributed by atoms with Gasteiger partial charge >= 0.3 is 0 Å². The van der Waals surface area contributed by atoms with E-state index >= 15 is 0 Å². The summed E-state index contributed by atoms with van der Waals surface area (Å²) >= 11 is 1.89. The minimum atomic E-state index is -0.405. The van der Waals surface area contributed by atoms with Crippen molar-refractivity contribution >= 4 is 11.8 Å². The van der Waals surface area contributed by atoms with Gasteiger partial charge in [-0.15, -0.1) is 0 Å². The van der Waals surface area contributed by atoms with Crippen LogP contribution in [0.1, 0.15) is 47.2 Å². The Balaban J connectivity index is 0.984. The van der Waals surface area contributed by atoms with Crippen LogP contribution in [0.5, 0.6) is 0 Å². The third kappa shape index (κ3) is 4.95. The maximum Gasteiger partial charge on any atom is 0.160 e. The van der Waals surface area contributed by atoms with Gasteiger partial charge in [-0.05, 0) is 85.0 Å². The monoisotopic (exact) mass is 770 g/mol. The molecule has 2 nitrogen and oxygen atoms in total. The molecule has 12 rings (SSSR count). The molecule has 2 heterocycles. The van der Waals surface area contributed by atoms with Crippen LogP contribution in [0.3, 0.4) is 0 Å². The molecule has 0 saturated heterocycles. The van der Waals surface area contributed by atoms with Crippen molar-refractivity contribution in [2.24, 2.45) is 0 Å². The Labute approximate surface area is 349 Å². The van der Waals surface area contributed by atoms with Gasteiger partial charge < -0.3 is 0 Å². The van der Waals surface area contributed by atoms with Gasteiger partial charge in [0.2, 0.25) is 0 Å². The minimum absolute atomic E-state index is 0.100. The third-order valence-electron chi connectivity index (χ3n) is 13.0. The second-order valence-corrected chi connectivity index (χ2v) is 17.5. The summed E-state index contributed by atoms with van der Waals surface area (Å²) in [6.07, 6.45) is 0. The van der Waals surface area contributed by atoms with Gasteiger partial charge in [0.25, 0.3) is 0 Å². The maximum atomic E-state index is 5.30. The molecule has 1 spiro atoms. The first-order valence-electron chi connectivity index (χ1n) is 20.4. The summed E-state index contributed by atoms with van der Waals surface area (Å²) in [5, 5.41) is 0. The van der Waals surface area contributed by atoms with Crippen molar-refractivity contribution in [3.05, 3.63) is 228 Å². The summed E-state index contributed by atoms with van der Waals surface area (Å²) < 4.78 is 0. The topological polar surface area (TPSA) is 25.8 Å². The van der Waals surface area contributed by atoms with Gasteiger partial charge in [-0.25, -0.2) is 9.97 Å². The van der Waals surface area contributed by atoms with Gasteiger partial charge in [0.15, 0.2) is 5.82 Å². The summed E-state index contributed by atoms with van der Waals surface area (Å²) in [6.45, 7) is 4.66. The molecular weight excluding hydrogens is 733 g/mol. The molecule has 59 heavy (non-hydrogen) atoms. The van der Waals surface area contributed by atoms with Gasteiger partial charge in [-0.3, -0.25) is 0 Å². The predicted molar refractivity (Wildman–Crippen MR) is 243 cm³/mol. The highest BCUT2D eigenvalue weighted by atomic mass is 32.2. The van der Waals surface area contributed by atoms with E-state index in [9.17, 15) is 0 Å². The molecule has 278 valence electrons. The van der Waals surface area contributed by atoms with E-state index in [0.29, 0.717) is 5.82 Å². The molecule has 0 amide bonds. The van der Waals surface area contributed by atoms with Gasteiger partial charge in [-0.1, -0.05) is 202 Å². The van der Waals surface area contributed by atoms with E-state index in [1.54, 1.807) is 0 Å². The highest BCUT2D eigenvalue weighted by Crippen LogP contribution is 2.63. The number of hydrogen-bond donors (Lipinski definition) is 0. The molecule has 0 saturated carbocycles. The van der Waals surface area contributed by atoms with Crippen LogP contribution in [0.2, 0.25) is 0 Å². The summed E-state index contributed by atoms with van der Waals surface area (Å²) in [6, 6.07) is 71.1. The Morgan fingerprint density at radius 2 is 0.864 bits per heavy atom. The van der Waals surface area contributed by atoms with Crippen LogP contribution in [0.25, 0.3) is 67.3 Å². The van der Waals surface area contributed by atoms with Crippen molar-refractivity contribution in [2.75, 3.05) is 0 Å². The van der Waals surface area contributed by atoms with Crippen molar-refractivity contribution in [1.82, 2.24) is 9.97 Å². The van der Waals surface area contributed by atoms with Crippen LogP contribution >= 0.6 is 11.8 Å². The lowest BCUT2D eigenvalue weighted by Crippen LogP contribution is -2.32. The van der Waals surface area contributed by atoms with E-state index in [1.165, 1.54) is 76.6 Å². The molecule has 0 unspecified atom stereocenters. The van der Waals surface area contributed by atoms with Crippen LogP contribution in [0.15, 0.2) is 204 Å². The molecule has 0 atom stereocenters. The van der Waals surface area contributed by atoms with Crippen LogP contribution in [0, 0.1) is 0 Å². The SMILES string of the molecule is CC1(C)c2ccccc2-c2ccc(-c3cc(-c4ccccc4)nc(-c4ccc(-c5cccc6c5Sc5ccccc5C65c6ccccc6-c6ccccc65)cc4)n3)cc21. The van der Waals surface area contributed by atoms with Gasteiger partial charge in [0.1, 0.15) is 0 Å². The summed E-state index contributed by atoms with van der Waals surface area (Å²) in [5.74, 6) is 0.715. The van der Waals surface area contributed by atoms with E-state index in [1.807, 2.05) is 11.8 Å². The molecule has 2 aliphatic carbocycles. The number of nitrogens with zero attached hydrogens (tertiary/aromatic N) is 2. The largest absolute Gasteiger partial charge is 0.228 e. The lowest BCUT2D eigenvalue weighted by molar-refractivity contribution is 0.660. The Morgan fingerprint density at radius 3 is 1.58 bits per heavy atom. The van der Waals surface area contributed by atoms with E-state index in [-0.39, 0.29) is 5.41 Å². The van der Waals surface area contributed by atoms with E-state index < -0.39 is 5.41 Å². The normalized spacial score (nSPS) is 14.5. The number of aromatic nitrogens is 2. The Morgan fingerprint density at radius 1 is 0.356 bits per heavy atom. The maximum absolute atomic E-state index is 5.30. The molecule has 0 fully saturated rings. The molecule has 8 aromatic carbocycles. The highest BCUT2D eigenvalue weighted by molar-refractivity contribution is 7.99. The second kappa shape index (κ2) is 12.8. The average molecular weight is 771 g/mol. The first-order chi connectivity index (χ1) is 29.0. The fraction of sp³-hybridized carbons (Fsp3) is 0.0714. The number of fused-ring (bicyclic) bond motifs is 12. The Bertz CT molecular complexity index is 3120. The van der Waals surface area contributed by atoms with Crippen LogP contribution in [-0.4, -0.2) is 9.97 Å². The van der Waals surface area contributed by atoms with Gasteiger partial charge in [0, 0.05) is 31.9 Å². The quantitative estimate of drug-likeness (QED) is 0.178. The Kier molecular flexibility index (Phi) is 7.46. The third-order valence-corrected chi connectivity index (χ3v) is 14.2. The predicted octanol–water partition coefficient (Wildman–Crippen LogP) is 14.3. The van der Waals surface area contributed by atoms with E-state index in [0.717, 1.165) is 28.1 Å². The minimum Gasteiger partial charge on any atom is -0.228 e.